The molecule has 0 bridgehead atoms. The molecule has 1 N–H and O–H groups in total. The van der Waals surface area contributed by atoms with Gasteiger partial charge in [-0.1, -0.05) is 6.07 Å². The minimum atomic E-state index is -0.213. The predicted molar refractivity (Wildman–Crippen MR) is 76.8 cm³/mol. The summed E-state index contributed by atoms with van der Waals surface area (Å²) in [5, 5.41) is 11.8. The molecule has 2 aromatic rings. The van der Waals surface area contributed by atoms with Crippen LogP contribution in [0.2, 0.25) is 0 Å². The monoisotopic (exact) mass is 268 g/mol. The molecule has 0 aliphatic heterocycles. The number of hydrogen-bond acceptors (Lipinski definition) is 3. The number of rotatable bonds is 2. The third kappa shape index (κ3) is 2.43. The molecule has 0 saturated carbocycles. The smallest absolute Gasteiger partial charge is 0.259 e. The molecule has 0 aliphatic carbocycles. The van der Waals surface area contributed by atoms with Crippen LogP contribution < -0.4 is 5.32 Å². The van der Waals surface area contributed by atoms with E-state index in [9.17, 15) is 4.79 Å². The van der Waals surface area contributed by atoms with Crippen molar-refractivity contribution < 1.29 is 9.21 Å². The van der Waals surface area contributed by atoms with Crippen LogP contribution in [-0.4, -0.2) is 5.91 Å². The predicted octanol–water partition coefficient (Wildman–Crippen LogP) is 3.64. The van der Waals surface area contributed by atoms with Crippen LogP contribution in [0.25, 0.3) is 0 Å². The van der Waals surface area contributed by atoms with E-state index in [0.29, 0.717) is 22.6 Å². The fourth-order valence-electron chi connectivity index (χ4n) is 2.14. The van der Waals surface area contributed by atoms with Crippen LogP contribution in [0, 0.1) is 39.0 Å². The number of carbonyl (C=O) groups is 1. The Labute approximate surface area is 118 Å². The highest BCUT2D eigenvalue weighted by atomic mass is 16.3. The second kappa shape index (κ2) is 5.22. The van der Waals surface area contributed by atoms with Gasteiger partial charge in [0, 0.05) is 11.3 Å². The zero-order chi connectivity index (χ0) is 14.9. The number of nitrogens with zero attached hydrogens (tertiary/aromatic N) is 1. The maximum atomic E-state index is 12.4. The fourth-order valence-corrected chi connectivity index (χ4v) is 2.14. The highest BCUT2D eigenvalue weighted by molar-refractivity contribution is 6.06. The van der Waals surface area contributed by atoms with Gasteiger partial charge in [0.1, 0.15) is 11.5 Å². The summed E-state index contributed by atoms with van der Waals surface area (Å²) in [6.45, 7) is 7.35. The minimum absolute atomic E-state index is 0.213. The van der Waals surface area contributed by atoms with Gasteiger partial charge in [0.05, 0.1) is 17.2 Å². The van der Waals surface area contributed by atoms with Crippen LogP contribution >= 0.6 is 0 Å². The lowest BCUT2D eigenvalue weighted by Gasteiger charge is -2.09. The molecule has 102 valence electrons. The van der Waals surface area contributed by atoms with E-state index in [4.69, 9.17) is 9.68 Å². The molecule has 2 rings (SSSR count). The number of carbonyl (C=O) groups excluding carboxylic acids is 1. The molecule has 1 aromatic heterocycles. The molecule has 1 amide bonds. The van der Waals surface area contributed by atoms with Crippen LogP contribution in [0.3, 0.4) is 0 Å². The van der Waals surface area contributed by atoms with E-state index in [1.807, 2.05) is 26.8 Å². The topological polar surface area (TPSA) is 66.0 Å². The lowest BCUT2D eigenvalue weighted by atomic mass is 10.1. The zero-order valence-corrected chi connectivity index (χ0v) is 12.0. The summed E-state index contributed by atoms with van der Waals surface area (Å²) < 4.78 is 5.47. The molecule has 4 heteroatoms. The van der Waals surface area contributed by atoms with Gasteiger partial charge in [-0.15, -0.1) is 0 Å². The van der Waals surface area contributed by atoms with Crippen molar-refractivity contribution in [1.82, 2.24) is 0 Å². The van der Waals surface area contributed by atoms with Gasteiger partial charge in [-0.05, 0) is 45.4 Å². The molecule has 0 fully saturated rings. The first-order chi connectivity index (χ1) is 9.43. The summed E-state index contributed by atoms with van der Waals surface area (Å²) in [5.74, 6) is 1.14. The number of nitriles is 1. The van der Waals surface area contributed by atoms with Gasteiger partial charge < -0.3 is 9.73 Å². The molecule has 0 spiro atoms. The van der Waals surface area contributed by atoms with Gasteiger partial charge in [-0.3, -0.25) is 4.79 Å². The van der Waals surface area contributed by atoms with E-state index in [0.717, 1.165) is 16.9 Å². The Morgan fingerprint density at radius 3 is 2.45 bits per heavy atom. The molecule has 0 atom stereocenters. The van der Waals surface area contributed by atoms with E-state index in [1.165, 1.54) is 0 Å². The van der Waals surface area contributed by atoms with Gasteiger partial charge in [0.2, 0.25) is 0 Å². The first-order valence-electron chi connectivity index (χ1n) is 6.32. The van der Waals surface area contributed by atoms with Gasteiger partial charge >= 0.3 is 0 Å². The molecule has 1 heterocycles. The molecule has 4 nitrogen and oxygen atoms in total. The Balaban J connectivity index is 2.35. The van der Waals surface area contributed by atoms with Crippen LogP contribution in [-0.2, 0) is 0 Å². The Hall–Kier alpha value is -2.54. The van der Waals surface area contributed by atoms with Gasteiger partial charge in [0.25, 0.3) is 5.91 Å². The summed E-state index contributed by atoms with van der Waals surface area (Å²) in [4.78, 5) is 12.4. The third-order valence-corrected chi connectivity index (χ3v) is 3.40. The fraction of sp³-hybridized carbons (Fsp3) is 0.250. The number of nitrogens with one attached hydrogen (secondary N) is 1. The first kappa shape index (κ1) is 13.9. The highest BCUT2D eigenvalue weighted by Gasteiger charge is 2.19. The lowest BCUT2D eigenvalue weighted by molar-refractivity contribution is 0.102. The van der Waals surface area contributed by atoms with Crippen molar-refractivity contribution >= 4 is 11.6 Å². The van der Waals surface area contributed by atoms with E-state index in [1.54, 1.807) is 19.1 Å². The maximum absolute atomic E-state index is 12.4. The number of benzene rings is 1. The van der Waals surface area contributed by atoms with Crippen molar-refractivity contribution in [2.24, 2.45) is 0 Å². The van der Waals surface area contributed by atoms with Crippen molar-refractivity contribution in [2.45, 2.75) is 27.7 Å². The summed E-state index contributed by atoms with van der Waals surface area (Å²) >= 11 is 0. The Morgan fingerprint density at radius 1 is 1.20 bits per heavy atom. The molecule has 1 aromatic carbocycles. The van der Waals surface area contributed by atoms with E-state index in [-0.39, 0.29) is 5.91 Å². The molecule has 0 aliphatic rings. The van der Waals surface area contributed by atoms with Crippen molar-refractivity contribution in [3.63, 3.8) is 0 Å². The molecular weight excluding hydrogens is 252 g/mol. The van der Waals surface area contributed by atoms with Crippen LogP contribution in [0.4, 0.5) is 5.69 Å². The van der Waals surface area contributed by atoms with Crippen molar-refractivity contribution in [1.29, 1.82) is 5.26 Å². The maximum Gasteiger partial charge on any atom is 0.259 e. The highest BCUT2D eigenvalue weighted by Crippen LogP contribution is 2.23. The Kier molecular flexibility index (Phi) is 3.62. The summed E-state index contributed by atoms with van der Waals surface area (Å²) in [6.07, 6.45) is 0. The average molecular weight is 268 g/mol. The first-order valence-corrected chi connectivity index (χ1v) is 6.32. The number of hydrogen-bond donors (Lipinski definition) is 1. The van der Waals surface area contributed by atoms with Gasteiger partial charge in [-0.2, -0.15) is 5.26 Å². The Morgan fingerprint density at radius 2 is 1.90 bits per heavy atom. The van der Waals surface area contributed by atoms with Crippen LogP contribution in [0.15, 0.2) is 22.6 Å². The van der Waals surface area contributed by atoms with Crippen molar-refractivity contribution in [2.75, 3.05) is 5.32 Å². The summed E-state index contributed by atoms with van der Waals surface area (Å²) in [5.41, 5.74) is 3.47. The zero-order valence-electron chi connectivity index (χ0n) is 12.0. The summed E-state index contributed by atoms with van der Waals surface area (Å²) in [6, 6.07) is 7.28. The molecule has 0 saturated heterocycles. The van der Waals surface area contributed by atoms with Crippen molar-refractivity contribution in [3.8, 4) is 6.07 Å². The molecule has 0 radical (unpaired) electrons. The van der Waals surface area contributed by atoms with E-state index >= 15 is 0 Å². The quantitative estimate of drug-likeness (QED) is 0.904. The van der Waals surface area contributed by atoms with Crippen LogP contribution in [0.1, 0.15) is 38.6 Å². The number of furan rings is 1. The van der Waals surface area contributed by atoms with Gasteiger partial charge in [0.15, 0.2) is 0 Å². The van der Waals surface area contributed by atoms with E-state index < -0.39 is 0 Å². The van der Waals surface area contributed by atoms with Gasteiger partial charge in [-0.25, -0.2) is 0 Å². The number of aryl methyl sites for hydroxylation is 3. The van der Waals surface area contributed by atoms with Crippen molar-refractivity contribution in [3.05, 3.63) is 52.0 Å². The Bertz CT molecular complexity index is 721. The molecule has 20 heavy (non-hydrogen) atoms. The SMILES string of the molecule is Cc1ccc(C#N)cc1NC(=O)c1c(C)oc(C)c1C. The molecule has 0 unspecified atom stereocenters. The molecular formula is C16H16N2O2. The normalized spacial score (nSPS) is 10.2. The van der Waals surface area contributed by atoms with E-state index in [2.05, 4.69) is 11.4 Å². The lowest BCUT2D eigenvalue weighted by Crippen LogP contribution is -2.14. The van der Waals surface area contributed by atoms with Crippen LogP contribution in [0.5, 0.6) is 0 Å². The average Bonchev–Trinajstić information content (AvgIpc) is 2.66. The standard InChI is InChI=1S/C16H16N2O2/c1-9-5-6-13(8-17)7-14(9)18-16(19)15-10(2)11(3)20-12(15)4/h5-7H,1-4H3,(H,18,19). The number of anilines is 1. The largest absolute Gasteiger partial charge is 0.466 e. The minimum Gasteiger partial charge on any atom is -0.466 e. The summed E-state index contributed by atoms with van der Waals surface area (Å²) in [7, 11) is 0. The number of amides is 1. The second-order valence-corrected chi connectivity index (χ2v) is 4.81. The third-order valence-electron chi connectivity index (χ3n) is 3.40. The second-order valence-electron chi connectivity index (χ2n) is 4.81.